The van der Waals surface area contributed by atoms with Crippen LogP contribution >= 0.6 is 11.8 Å². The second-order valence-corrected chi connectivity index (χ2v) is 7.74. The molecule has 3 unspecified atom stereocenters. The van der Waals surface area contributed by atoms with Gasteiger partial charge in [-0.15, -0.1) is 0 Å². The molecule has 3 heteroatoms. The van der Waals surface area contributed by atoms with Gasteiger partial charge < -0.3 is 10.5 Å². The van der Waals surface area contributed by atoms with Crippen molar-refractivity contribution in [2.45, 2.75) is 63.0 Å². The maximum absolute atomic E-state index is 6.52. The first-order chi connectivity index (χ1) is 8.77. The average molecular weight is 269 g/mol. The minimum Gasteiger partial charge on any atom is -0.374 e. The number of nitrogens with two attached hydrogens (primary N) is 1. The fourth-order valence-corrected chi connectivity index (χ4v) is 5.50. The van der Waals surface area contributed by atoms with Gasteiger partial charge in [0.15, 0.2) is 0 Å². The molecule has 0 amide bonds. The predicted octanol–water partition coefficient (Wildman–Crippen LogP) is 3.20. The Bertz CT molecular complexity index is 272. The smallest absolute Gasteiger partial charge is 0.0783 e. The summed E-state index contributed by atoms with van der Waals surface area (Å²) < 4.78 is 6.10. The van der Waals surface area contributed by atoms with Gasteiger partial charge in [0, 0.05) is 18.4 Å². The molecule has 2 saturated heterocycles. The van der Waals surface area contributed by atoms with Crippen molar-refractivity contribution in [3.8, 4) is 0 Å². The van der Waals surface area contributed by atoms with Crippen LogP contribution < -0.4 is 5.73 Å². The van der Waals surface area contributed by atoms with Crippen LogP contribution in [0.1, 0.15) is 51.4 Å². The Kier molecular flexibility index (Phi) is 4.21. The highest BCUT2D eigenvalue weighted by Gasteiger charge is 2.42. The van der Waals surface area contributed by atoms with Crippen molar-refractivity contribution >= 4 is 11.8 Å². The van der Waals surface area contributed by atoms with Crippen molar-refractivity contribution in [1.82, 2.24) is 0 Å². The molecule has 0 bridgehead atoms. The minimum atomic E-state index is 0.209. The highest BCUT2D eigenvalue weighted by Crippen LogP contribution is 2.42. The van der Waals surface area contributed by atoms with Crippen molar-refractivity contribution in [1.29, 1.82) is 0 Å². The summed E-state index contributed by atoms with van der Waals surface area (Å²) >= 11 is 2.06. The number of rotatable bonds is 3. The van der Waals surface area contributed by atoms with E-state index in [1.165, 1.54) is 62.9 Å². The summed E-state index contributed by atoms with van der Waals surface area (Å²) in [7, 11) is 0. The first kappa shape index (κ1) is 13.3. The Balaban J connectivity index is 1.54. The molecule has 2 heterocycles. The lowest BCUT2D eigenvalue weighted by Gasteiger charge is -2.40. The van der Waals surface area contributed by atoms with E-state index in [4.69, 9.17) is 10.5 Å². The van der Waals surface area contributed by atoms with E-state index in [-0.39, 0.29) is 5.60 Å². The number of hydrogen-bond donors (Lipinski definition) is 1. The normalized spacial score (nSPS) is 39.5. The van der Waals surface area contributed by atoms with Gasteiger partial charge in [-0.2, -0.15) is 11.8 Å². The van der Waals surface area contributed by atoms with Gasteiger partial charge in [0.1, 0.15) is 0 Å². The van der Waals surface area contributed by atoms with Crippen LogP contribution in [0.25, 0.3) is 0 Å². The summed E-state index contributed by atoms with van der Waals surface area (Å²) in [4.78, 5) is 0. The van der Waals surface area contributed by atoms with Crippen LogP contribution in [0.4, 0.5) is 0 Å². The lowest BCUT2D eigenvalue weighted by molar-refractivity contribution is -0.0841. The molecule has 18 heavy (non-hydrogen) atoms. The van der Waals surface area contributed by atoms with Crippen LogP contribution in [0.2, 0.25) is 0 Å². The molecule has 0 aromatic heterocycles. The van der Waals surface area contributed by atoms with Crippen molar-refractivity contribution in [3.05, 3.63) is 0 Å². The Labute approximate surface area is 115 Å². The number of thioether (sulfide) groups is 1. The molecule has 3 rings (SSSR count). The molecule has 0 radical (unpaired) electrons. The van der Waals surface area contributed by atoms with Crippen molar-refractivity contribution in [2.75, 3.05) is 18.1 Å². The summed E-state index contributed by atoms with van der Waals surface area (Å²) in [6.07, 6.45) is 10.7. The summed E-state index contributed by atoms with van der Waals surface area (Å²) in [6, 6.07) is 0.430. The first-order valence-electron chi connectivity index (χ1n) is 7.75. The molecule has 2 aliphatic heterocycles. The minimum absolute atomic E-state index is 0.209. The van der Waals surface area contributed by atoms with Crippen LogP contribution in [-0.2, 0) is 4.74 Å². The largest absolute Gasteiger partial charge is 0.374 e. The summed E-state index contributed by atoms with van der Waals surface area (Å²) in [5, 5.41) is 0. The van der Waals surface area contributed by atoms with Crippen molar-refractivity contribution in [2.24, 2.45) is 17.6 Å². The summed E-state index contributed by atoms with van der Waals surface area (Å²) in [5.74, 6) is 4.14. The molecule has 3 fully saturated rings. The zero-order valence-corrected chi connectivity index (χ0v) is 12.2. The van der Waals surface area contributed by atoms with Crippen molar-refractivity contribution in [3.63, 3.8) is 0 Å². The van der Waals surface area contributed by atoms with E-state index in [0.717, 1.165) is 18.4 Å². The van der Waals surface area contributed by atoms with E-state index in [9.17, 15) is 0 Å². The number of hydrogen-bond acceptors (Lipinski definition) is 3. The van der Waals surface area contributed by atoms with Crippen LogP contribution in [-0.4, -0.2) is 29.8 Å². The van der Waals surface area contributed by atoms with Gasteiger partial charge in [0.2, 0.25) is 0 Å². The van der Waals surface area contributed by atoms with E-state index < -0.39 is 0 Å². The van der Waals surface area contributed by atoms with E-state index >= 15 is 0 Å². The highest BCUT2D eigenvalue weighted by atomic mass is 32.2. The Hall–Kier alpha value is 0.270. The van der Waals surface area contributed by atoms with Crippen LogP contribution in [0.5, 0.6) is 0 Å². The predicted molar refractivity (Wildman–Crippen MR) is 77.9 cm³/mol. The molecule has 0 aromatic carbocycles. The van der Waals surface area contributed by atoms with Crippen LogP contribution in [0.15, 0.2) is 0 Å². The molecule has 0 aromatic rings. The van der Waals surface area contributed by atoms with Gasteiger partial charge in [-0.3, -0.25) is 0 Å². The topological polar surface area (TPSA) is 35.2 Å². The standard InChI is InChI=1S/C15H27NOS/c16-14(9-12-3-1-2-4-12)13-5-7-17-15(10-13)6-8-18-11-15/h12-14H,1-11,16H2. The zero-order chi connectivity index (χ0) is 12.4. The number of ether oxygens (including phenoxy) is 1. The zero-order valence-electron chi connectivity index (χ0n) is 11.4. The lowest BCUT2D eigenvalue weighted by atomic mass is 9.79. The Morgan fingerprint density at radius 2 is 2.11 bits per heavy atom. The van der Waals surface area contributed by atoms with Crippen molar-refractivity contribution < 1.29 is 4.74 Å². The SMILES string of the molecule is NC(CC1CCCC1)C1CCOC2(CCSC2)C1. The summed E-state index contributed by atoms with van der Waals surface area (Å²) in [6.45, 7) is 0.948. The van der Waals surface area contributed by atoms with E-state index in [2.05, 4.69) is 11.8 Å². The van der Waals surface area contributed by atoms with Gasteiger partial charge in [0.25, 0.3) is 0 Å². The van der Waals surface area contributed by atoms with Gasteiger partial charge in [-0.1, -0.05) is 25.7 Å². The van der Waals surface area contributed by atoms with Gasteiger partial charge in [0.05, 0.1) is 5.60 Å². The lowest BCUT2D eigenvalue weighted by Crippen LogP contribution is -2.45. The molecular formula is C15H27NOS. The van der Waals surface area contributed by atoms with E-state index in [1.807, 2.05) is 0 Å². The molecular weight excluding hydrogens is 242 g/mol. The second kappa shape index (κ2) is 5.72. The van der Waals surface area contributed by atoms with Gasteiger partial charge in [-0.25, -0.2) is 0 Å². The molecule has 2 N–H and O–H groups in total. The summed E-state index contributed by atoms with van der Waals surface area (Å²) in [5.41, 5.74) is 6.73. The van der Waals surface area contributed by atoms with E-state index in [0.29, 0.717) is 6.04 Å². The molecule has 3 aliphatic rings. The Morgan fingerprint density at radius 1 is 1.28 bits per heavy atom. The molecule has 1 aliphatic carbocycles. The van der Waals surface area contributed by atoms with Crippen LogP contribution in [0.3, 0.4) is 0 Å². The molecule has 1 spiro atoms. The maximum Gasteiger partial charge on any atom is 0.0783 e. The molecule has 3 atom stereocenters. The van der Waals surface area contributed by atoms with Crippen LogP contribution in [0, 0.1) is 11.8 Å². The van der Waals surface area contributed by atoms with Gasteiger partial charge >= 0.3 is 0 Å². The molecule has 104 valence electrons. The third-order valence-corrected chi connectivity index (χ3v) is 6.51. The highest BCUT2D eigenvalue weighted by molar-refractivity contribution is 7.99. The Morgan fingerprint density at radius 3 is 2.83 bits per heavy atom. The fourth-order valence-electron chi connectivity index (χ4n) is 4.12. The van der Waals surface area contributed by atoms with Gasteiger partial charge in [-0.05, 0) is 43.3 Å². The fraction of sp³-hybridized carbons (Fsp3) is 1.00. The molecule has 1 saturated carbocycles. The third kappa shape index (κ3) is 2.88. The second-order valence-electron chi connectivity index (χ2n) is 6.64. The average Bonchev–Trinajstić information content (AvgIpc) is 3.02. The molecule has 2 nitrogen and oxygen atoms in total. The first-order valence-corrected chi connectivity index (χ1v) is 8.90. The quantitative estimate of drug-likeness (QED) is 0.854. The monoisotopic (exact) mass is 269 g/mol. The maximum atomic E-state index is 6.52. The third-order valence-electron chi connectivity index (χ3n) is 5.28. The van der Waals surface area contributed by atoms with E-state index in [1.54, 1.807) is 0 Å².